The lowest BCUT2D eigenvalue weighted by Crippen LogP contribution is -2.45. The van der Waals surface area contributed by atoms with Gasteiger partial charge in [-0.05, 0) is 64.2 Å². The van der Waals surface area contributed by atoms with E-state index in [1.807, 2.05) is 6.08 Å². The maximum Gasteiger partial charge on any atom is 0.305 e. The Morgan fingerprint density at radius 1 is 0.378 bits per heavy atom. The zero-order chi connectivity index (χ0) is 53.6. The van der Waals surface area contributed by atoms with E-state index < -0.39 is 12.1 Å². The Morgan fingerprint density at radius 3 is 1.04 bits per heavy atom. The Balaban J connectivity index is 3.35. The first-order valence-corrected chi connectivity index (χ1v) is 33.3. The molecule has 2 unspecified atom stereocenters. The average Bonchev–Trinajstić information content (AvgIpc) is 3.40. The Hall–Kier alpha value is -1.92. The van der Waals surface area contributed by atoms with Crippen LogP contribution in [0.25, 0.3) is 0 Å². The van der Waals surface area contributed by atoms with Crippen LogP contribution in [0.3, 0.4) is 0 Å². The normalized spacial score (nSPS) is 12.8. The third-order valence-corrected chi connectivity index (χ3v) is 15.4. The molecule has 0 radical (unpaired) electrons. The van der Waals surface area contributed by atoms with Gasteiger partial charge in [0.15, 0.2) is 0 Å². The molecule has 0 bridgehead atoms. The molecule has 3 N–H and O–H groups in total. The van der Waals surface area contributed by atoms with Gasteiger partial charge in [-0.3, -0.25) is 9.59 Å². The van der Waals surface area contributed by atoms with E-state index in [2.05, 4.69) is 43.5 Å². The second kappa shape index (κ2) is 63.6. The molecule has 0 aliphatic rings. The highest BCUT2D eigenvalue weighted by molar-refractivity contribution is 5.76. The Morgan fingerprint density at radius 2 is 0.676 bits per heavy atom. The number of allylic oxidation sites excluding steroid dienone is 5. The third-order valence-electron chi connectivity index (χ3n) is 15.4. The first-order chi connectivity index (χ1) is 36.5. The average molecular weight is 1040 g/mol. The van der Waals surface area contributed by atoms with Gasteiger partial charge in [-0.15, -0.1) is 0 Å². The molecule has 0 heterocycles. The minimum atomic E-state index is -0.841. The van der Waals surface area contributed by atoms with E-state index in [4.69, 9.17) is 4.74 Å². The zero-order valence-corrected chi connectivity index (χ0v) is 49.8. The van der Waals surface area contributed by atoms with Gasteiger partial charge in [0.1, 0.15) is 0 Å². The predicted octanol–water partition coefficient (Wildman–Crippen LogP) is 21.1. The molecule has 1 amide bonds. The van der Waals surface area contributed by atoms with Crippen LogP contribution in [0.5, 0.6) is 0 Å². The van der Waals surface area contributed by atoms with Crippen molar-refractivity contribution in [3.05, 3.63) is 36.5 Å². The summed E-state index contributed by atoms with van der Waals surface area (Å²) in [6.07, 6.45) is 80.7. The molecule has 0 aliphatic carbocycles. The molecule has 0 aromatic carbocycles. The fourth-order valence-electron chi connectivity index (χ4n) is 10.3. The smallest absolute Gasteiger partial charge is 0.305 e. The van der Waals surface area contributed by atoms with Gasteiger partial charge in [0.05, 0.1) is 25.4 Å². The van der Waals surface area contributed by atoms with Gasteiger partial charge in [-0.25, -0.2) is 0 Å². The molecule has 6 nitrogen and oxygen atoms in total. The number of hydrogen-bond acceptors (Lipinski definition) is 5. The van der Waals surface area contributed by atoms with Gasteiger partial charge in [0.25, 0.3) is 0 Å². The van der Waals surface area contributed by atoms with E-state index in [1.54, 1.807) is 6.08 Å². The molecule has 0 aromatic rings. The number of rotatable bonds is 62. The minimum Gasteiger partial charge on any atom is -0.466 e. The number of ether oxygens (including phenoxy) is 1. The highest BCUT2D eigenvalue weighted by atomic mass is 16.5. The van der Waals surface area contributed by atoms with E-state index in [0.29, 0.717) is 19.4 Å². The van der Waals surface area contributed by atoms with Gasteiger partial charge in [0, 0.05) is 12.8 Å². The SMILES string of the molecule is CCCCCC/C=C\C/C=C\CCCCCCCC(=O)OCCCCCCCCCCCCCCCCCCCCCCCCCCCCCCC(=O)NC(CO)C(O)/C=C/CCCCCCCCCCCCC. The Bertz CT molecular complexity index is 1200. The molecule has 0 saturated heterocycles. The summed E-state index contributed by atoms with van der Waals surface area (Å²) in [6.45, 7) is 4.90. The number of carbonyl (C=O) groups is 2. The van der Waals surface area contributed by atoms with Crippen molar-refractivity contribution in [2.45, 2.75) is 373 Å². The molecule has 0 rings (SSSR count). The number of aliphatic hydroxyl groups excluding tert-OH is 2. The van der Waals surface area contributed by atoms with Crippen molar-refractivity contribution in [1.29, 1.82) is 0 Å². The third kappa shape index (κ3) is 59.3. The van der Waals surface area contributed by atoms with E-state index in [1.165, 1.54) is 283 Å². The summed E-state index contributed by atoms with van der Waals surface area (Å²) in [5.41, 5.74) is 0. The second-order valence-corrected chi connectivity index (χ2v) is 22.8. The van der Waals surface area contributed by atoms with Crippen LogP contribution >= 0.6 is 0 Å². The van der Waals surface area contributed by atoms with Gasteiger partial charge in [0.2, 0.25) is 5.91 Å². The molecule has 6 heteroatoms. The Kier molecular flexibility index (Phi) is 62.0. The van der Waals surface area contributed by atoms with Crippen molar-refractivity contribution >= 4 is 11.9 Å². The number of carbonyl (C=O) groups excluding carboxylic acids is 2. The molecule has 0 fully saturated rings. The van der Waals surface area contributed by atoms with E-state index in [0.717, 1.165) is 51.4 Å². The van der Waals surface area contributed by atoms with E-state index in [9.17, 15) is 19.8 Å². The summed E-state index contributed by atoms with van der Waals surface area (Å²) in [7, 11) is 0. The van der Waals surface area contributed by atoms with Crippen LogP contribution in [0.4, 0.5) is 0 Å². The molecule has 0 aromatic heterocycles. The second-order valence-electron chi connectivity index (χ2n) is 22.8. The predicted molar refractivity (Wildman–Crippen MR) is 324 cm³/mol. The van der Waals surface area contributed by atoms with Crippen molar-refractivity contribution in [2.24, 2.45) is 0 Å². The van der Waals surface area contributed by atoms with Crippen molar-refractivity contribution in [1.82, 2.24) is 5.32 Å². The van der Waals surface area contributed by atoms with Gasteiger partial charge >= 0.3 is 5.97 Å². The van der Waals surface area contributed by atoms with Crippen LogP contribution in [0.15, 0.2) is 36.5 Å². The first kappa shape index (κ1) is 72.1. The molecule has 2 atom stereocenters. The van der Waals surface area contributed by atoms with E-state index >= 15 is 0 Å². The molecule has 0 saturated carbocycles. The first-order valence-electron chi connectivity index (χ1n) is 33.3. The Labute approximate surface area is 462 Å². The quantitative estimate of drug-likeness (QED) is 0.0320. The largest absolute Gasteiger partial charge is 0.466 e. The maximum atomic E-state index is 12.5. The van der Waals surface area contributed by atoms with Crippen LogP contribution in [0.2, 0.25) is 0 Å². The monoisotopic (exact) mass is 1040 g/mol. The zero-order valence-electron chi connectivity index (χ0n) is 49.8. The fraction of sp³-hybridized carbons (Fsp3) is 0.882. The number of hydrogen-bond donors (Lipinski definition) is 3. The fourth-order valence-corrected chi connectivity index (χ4v) is 10.3. The van der Waals surface area contributed by atoms with Gasteiger partial charge < -0.3 is 20.3 Å². The number of amides is 1. The molecule has 0 aliphatic heterocycles. The lowest BCUT2D eigenvalue weighted by atomic mass is 10.0. The van der Waals surface area contributed by atoms with Crippen molar-refractivity contribution in [3.8, 4) is 0 Å². The summed E-state index contributed by atoms with van der Waals surface area (Å²) in [6, 6.07) is -0.625. The number of nitrogens with one attached hydrogen (secondary N) is 1. The van der Waals surface area contributed by atoms with Crippen LogP contribution in [-0.4, -0.2) is 47.4 Å². The van der Waals surface area contributed by atoms with Gasteiger partial charge in [-0.1, -0.05) is 320 Å². The van der Waals surface area contributed by atoms with E-state index in [-0.39, 0.29) is 18.5 Å². The number of unbranched alkanes of at least 4 members (excludes halogenated alkanes) is 47. The molecular weight excluding hydrogens is 911 g/mol. The summed E-state index contributed by atoms with van der Waals surface area (Å²) < 4.78 is 5.49. The lowest BCUT2D eigenvalue weighted by molar-refractivity contribution is -0.143. The van der Waals surface area contributed by atoms with Crippen LogP contribution in [-0.2, 0) is 14.3 Å². The molecule has 0 spiro atoms. The van der Waals surface area contributed by atoms with Crippen molar-refractivity contribution < 1.29 is 24.5 Å². The van der Waals surface area contributed by atoms with Crippen LogP contribution in [0, 0.1) is 0 Å². The standard InChI is InChI=1S/C68H129NO5/c1-3-5-7-9-11-13-15-17-18-34-38-42-46-50-54-58-62-68(73)74-63-59-55-51-47-43-39-35-32-30-28-26-24-22-20-19-21-23-25-27-29-31-33-37-41-45-49-53-57-61-67(72)69-65(64-70)66(71)60-56-52-48-44-40-36-16-14-12-10-8-6-4-2/h13,15,18,34,56,60,65-66,70-71H,3-12,14,16-17,19-33,35-55,57-59,61-64H2,1-2H3,(H,69,72)/b15-13-,34-18-,60-56+. The number of esters is 1. The van der Waals surface area contributed by atoms with Crippen LogP contribution < -0.4 is 5.32 Å². The maximum absolute atomic E-state index is 12.5. The lowest BCUT2D eigenvalue weighted by Gasteiger charge is -2.20. The van der Waals surface area contributed by atoms with Crippen LogP contribution in [0.1, 0.15) is 361 Å². The van der Waals surface area contributed by atoms with Gasteiger partial charge in [-0.2, -0.15) is 0 Å². The summed E-state index contributed by atoms with van der Waals surface area (Å²) in [4.78, 5) is 24.5. The summed E-state index contributed by atoms with van der Waals surface area (Å²) >= 11 is 0. The molecule has 74 heavy (non-hydrogen) atoms. The highest BCUT2D eigenvalue weighted by Gasteiger charge is 2.18. The van der Waals surface area contributed by atoms with Crippen molar-refractivity contribution in [2.75, 3.05) is 13.2 Å². The van der Waals surface area contributed by atoms with Crippen molar-refractivity contribution in [3.63, 3.8) is 0 Å². The highest BCUT2D eigenvalue weighted by Crippen LogP contribution is 2.18. The molecule has 436 valence electrons. The number of aliphatic hydroxyl groups is 2. The summed E-state index contributed by atoms with van der Waals surface area (Å²) in [5.74, 6) is -0.0590. The molecular formula is C68H129NO5. The summed E-state index contributed by atoms with van der Waals surface area (Å²) in [5, 5.41) is 23.1. The minimum absolute atomic E-state index is 0.00507. The topological polar surface area (TPSA) is 95.9 Å².